The molecule has 0 aromatic carbocycles. The third kappa shape index (κ3) is 2.54. The maximum atomic E-state index is 5.21. The van der Waals surface area contributed by atoms with Crippen LogP contribution in [0.3, 0.4) is 0 Å². The zero-order valence-corrected chi connectivity index (χ0v) is 7.23. The number of rotatable bonds is 3. The van der Waals surface area contributed by atoms with Crippen LogP contribution in [0.15, 0.2) is 12.8 Å². The molecule has 0 atom stereocenters. The highest BCUT2D eigenvalue weighted by atomic mass is 16.5. The summed E-state index contributed by atoms with van der Waals surface area (Å²) in [4.78, 5) is 0. The summed E-state index contributed by atoms with van der Waals surface area (Å²) >= 11 is 0. The summed E-state index contributed by atoms with van der Waals surface area (Å²) in [6, 6.07) is 0. The van der Waals surface area contributed by atoms with Crippen molar-refractivity contribution in [2.24, 2.45) is 5.41 Å². The van der Waals surface area contributed by atoms with Crippen LogP contribution in [0.2, 0.25) is 0 Å². The van der Waals surface area contributed by atoms with Gasteiger partial charge in [0.25, 0.3) is 0 Å². The second-order valence-electron chi connectivity index (χ2n) is 3.54. The molecule has 0 amide bonds. The van der Waals surface area contributed by atoms with E-state index in [-0.39, 0.29) is 0 Å². The van der Waals surface area contributed by atoms with Crippen molar-refractivity contribution in [3.8, 4) is 0 Å². The standard InChI is InChI=1S/C9H17NO/c1-3-11-8-9(2)4-6-10-7-5-9/h3,10H,1,4-8H2,2H3. The lowest BCUT2D eigenvalue weighted by atomic mass is 9.82. The summed E-state index contributed by atoms with van der Waals surface area (Å²) in [6.07, 6.45) is 3.95. The fourth-order valence-electron chi connectivity index (χ4n) is 1.43. The van der Waals surface area contributed by atoms with Crippen LogP contribution < -0.4 is 5.32 Å². The van der Waals surface area contributed by atoms with E-state index in [2.05, 4.69) is 18.8 Å². The van der Waals surface area contributed by atoms with Crippen molar-refractivity contribution >= 4 is 0 Å². The highest BCUT2D eigenvalue weighted by Gasteiger charge is 2.26. The third-order valence-electron chi connectivity index (χ3n) is 2.36. The highest BCUT2D eigenvalue weighted by molar-refractivity contribution is 4.80. The molecule has 1 fully saturated rings. The Balaban J connectivity index is 2.30. The van der Waals surface area contributed by atoms with Crippen LogP contribution in [-0.4, -0.2) is 19.7 Å². The topological polar surface area (TPSA) is 21.3 Å². The van der Waals surface area contributed by atoms with E-state index in [9.17, 15) is 0 Å². The first-order valence-corrected chi connectivity index (χ1v) is 4.20. The molecule has 1 rings (SSSR count). The average Bonchev–Trinajstić information content (AvgIpc) is 2.03. The van der Waals surface area contributed by atoms with Crippen molar-refractivity contribution in [1.82, 2.24) is 5.32 Å². The van der Waals surface area contributed by atoms with Gasteiger partial charge in [0.15, 0.2) is 0 Å². The molecule has 0 radical (unpaired) electrons. The number of nitrogens with one attached hydrogen (secondary N) is 1. The van der Waals surface area contributed by atoms with Gasteiger partial charge < -0.3 is 10.1 Å². The van der Waals surface area contributed by atoms with Crippen molar-refractivity contribution in [1.29, 1.82) is 0 Å². The predicted molar refractivity (Wildman–Crippen MR) is 46.4 cm³/mol. The maximum Gasteiger partial charge on any atom is 0.0927 e. The Morgan fingerprint density at radius 2 is 2.18 bits per heavy atom. The molecule has 2 nitrogen and oxygen atoms in total. The molecular formula is C9H17NO. The fraction of sp³-hybridized carbons (Fsp3) is 0.778. The molecule has 1 N–H and O–H groups in total. The Kier molecular flexibility index (Phi) is 2.94. The van der Waals surface area contributed by atoms with Crippen LogP contribution in [0.4, 0.5) is 0 Å². The van der Waals surface area contributed by atoms with Crippen LogP contribution in [0.25, 0.3) is 0 Å². The molecule has 1 aliphatic heterocycles. The Morgan fingerprint density at radius 3 is 2.73 bits per heavy atom. The number of ether oxygens (including phenoxy) is 1. The molecule has 1 aliphatic rings. The normalized spacial score (nSPS) is 22.6. The monoisotopic (exact) mass is 155 g/mol. The van der Waals surface area contributed by atoms with E-state index >= 15 is 0 Å². The average molecular weight is 155 g/mol. The van der Waals surface area contributed by atoms with Gasteiger partial charge in [-0.25, -0.2) is 0 Å². The van der Waals surface area contributed by atoms with Gasteiger partial charge in [0.05, 0.1) is 12.9 Å². The minimum Gasteiger partial charge on any atom is -0.501 e. The Labute approximate surface area is 68.6 Å². The Bertz CT molecular complexity index is 128. The van der Waals surface area contributed by atoms with Gasteiger partial charge in [0, 0.05) is 5.41 Å². The molecule has 0 aliphatic carbocycles. The van der Waals surface area contributed by atoms with E-state index in [0.29, 0.717) is 5.41 Å². The van der Waals surface area contributed by atoms with E-state index in [0.717, 1.165) is 19.7 Å². The third-order valence-corrected chi connectivity index (χ3v) is 2.36. The molecule has 0 unspecified atom stereocenters. The molecule has 11 heavy (non-hydrogen) atoms. The molecule has 0 saturated carbocycles. The smallest absolute Gasteiger partial charge is 0.0927 e. The molecular weight excluding hydrogens is 138 g/mol. The van der Waals surface area contributed by atoms with Gasteiger partial charge in [-0.05, 0) is 25.9 Å². The molecule has 1 saturated heterocycles. The van der Waals surface area contributed by atoms with Crippen LogP contribution in [0.5, 0.6) is 0 Å². The summed E-state index contributed by atoms with van der Waals surface area (Å²) in [5.41, 5.74) is 0.374. The minimum absolute atomic E-state index is 0.374. The van der Waals surface area contributed by atoms with Crippen molar-refractivity contribution in [2.75, 3.05) is 19.7 Å². The van der Waals surface area contributed by atoms with Gasteiger partial charge in [-0.3, -0.25) is 0 Å². The fourth-order valence-corrected chi connectivity index (χ4v) is 1.43. The van der Waals surface area contributed by atoms with Gasteiger partial charge >= 0.3 is 0 Å². The first-order valence-electron chi connectivity index (χ1n) is 4.20. The summed E-state index contributed by atoms with van der Waals surface area (Å²) in [6.45, 7) is 8.88. The summed E-state index contributed by atoms with van der Waals surface area (Å²) in [5, 5.41) is 3.33. The quantitative estimate of drug-likeness (QED) is 0.624. The van der Waals surface area contributed by atoms with Crippen molar-refractivity contribution in [3.05, 3.63) is 12.8 Å². The predicted octanol–water partition coefficient (Wildman–Crippen LogP) is 1.54. The molecule has 64 valence electrons. The summed E-state index contributed by atoms with van der Waals surface area (Å²) in [5.74, 6) is 0. The molecule has 0 bridgehead atoms. The van der Waals surface area contributed by atoms with E-state index in [4.69, 9.17) is 4.74 Å². The van der Waals surface area contributed by atoms with Crippen LogP contribution in [-0.2, 0) is 4.74 Å². The van der Waals surface area contributed by atoms with Crippen molar-refractivity contribution < 1.29 is 4.74 Å². The number of hydrogen-bond donors (Lipinski definition) is 1. The highest BCUT2D eigenvalue weighted by Crippen LogP contribution is 2.27. The van der Waals surface area contributed by atoms with Crippen molar-refractivity contribution in [3.63, 3.8) is 0 Å². The Morgan fingerprint density at radius 1 is 1.55 bits per heavy atom. The Hall–Kier alpha value is -0.500. The van der Waals surface area contributed by atoms with Gasteiger partial charge in [-0.15, -0.1) is 0 Å². The van der Waals surface area contributed by atoms with Gasteiger partial charge in [-0.1, -0.05) is 13.5 Å². The van der Waals surface area contributed by atoms with E-state index < -0.39 is 0 Å². The van der Waals surface area contributed by atoms with Gasteiger partial charge in [0.1, 0.15) is 0 Å². The van der Waals surface area contributed by atoms with E-state index in [1.165, 1.54) is 19.1 Å². The zero-order valence-electron chi connectivity index (χ0n) is 7.23. The second kappa shape index (κ2) is 3.77. The van der Waals surface area contributed by atoms with Crippen molar-refractivity contribution in [2.45, 2.75) is 19.8 Å². The van der Waals surface area contributed by atoms with Crippen LogP contribution >= 0.6 is 0 Å². The SMILES string of the molecule is C=COCC1(C)CCNCC1. The lowest BCUT2D eigenvalue weighted by Gasteiger charge is -2.33. The zero-order chi connectivity index (χ0) is 8.16. The molecule has 0 aromatic rings. The van der Waals surface area contributed by atoms with Crippen LogP contribution in [0, 0.1) is 5.41 Å². The summed E-state index contributed by atoms with van der Waals surface area (Å²) in [7, 11) is 0. The molecule has 1 heterocycles. The lowest BCUT2D eigenvalue weighted by Crippen LogP contribution is -2.37. The van der Waals surface area contributed by atoms with Crippen LogP contribution in [0.1, 0.15) is 19.8 Å². The van der Waals surface area contributed by atoms with E-state index in [1.807, 2.05) is 0 Å². The van der Waals surface area contributed by atoms with Gasteiger partial charge in [0.2, 0.25) is 0 Å². The first kappa shape index (κ1) is 8.60. The van der Waals surface area contributed by atoms with Gasteiger partial charge in [-0.2, -0.15) is 0 Å². The molecule has 0 aromatic heterocycles. The maximum absolute atomic E-state index is 5.21. The second-order valence-corrected chi connectivity index (χ2v) is 3.54. The molecule has 0 spiro atoms. The van der Waals surface area contributed by atoms with E-state index in [1.54, 1.807) is 0 Å². The first-order chi connectivity index (χ1) is 5.27. The number of hydrogen-bond acceptors (Lipinski definition) is 2. The molecule has 2 heteroatoms. The lowest BCUT2D eigenvalue weighted by molar-refractivity contribution is 0.0931. The number of piperidine rings is 1. The summed E-state index contributed by atoms with van der Waals surface area (Å²) < 4.78 is 5.21. The minimum atomic E-state index is 0.374. The largest absolute Gasteiger partial charge is 0.501 e.